The summed E-state index contributed by atoms with van der Waals surface area (Å²) in [5, 5.41) is 8.68. The Morgan fingerprint density at radius 2 is 2.19 bits per heavy atom. The molecule has 0 unspecified atom stereocenters. The van der Waals surface area contributed by atoms with E-state index in [9.17, 15) is 9.18 Å². The molecule has 6 heteroatoms. The zero-order chi connectivity index (χ0) is 12.8. The van der Waals surface area contributed by atoms with Crippen molar-refractivity contribution in [2.24, 2.45) is 16.5 Å². The Morgan fingerprint density at radius 3 is 2.62 bits per heavy atom. The van der Waals surface area contributed by atoms with Gasteiger partial charge in [0, 0.05) is 13.0 Å². The van der Waals surface area contributed by atoms with E-state index in [2.05, 4.69) is 4.99 Å². The quantitative estimate of drug-likeness (QED) is 0.357. The number of carbonyl (C=O) groups is 1. The highest BCUT2D eigenvalue weighted by molar-refractivity contribution is 5.78. The maximum atomic E-state index is 13.2. The second-order valence-electron chi connectivity index (χ2n) is 3.86. The summed E-state index contributed by atoms with van der Waals surface area (Å²) in [6.45, 7) is 3.29. The molecule has 0 aromatic carbocycles. The number of hydrogen-bond donors (Lipinski definition) is 3. The lowest BCUT2D eigenvalue weighted by atomic mass is 9.98. The van der Waals surface area contributed by atoms with Crippen molar-refractivity contribution in [1.29, 1.82) is 0 Å². The van der Waals surface area contributed by atoms with E-state index in [0.717, 1.165) is 0 Å². The molecule has 0 saturated heterocycles. The van der Waals surface area contributed by atoms with Crippen LogP contribution in [0.4, 0.5) is 4.39 Å². The molecule has 0 rings (SSSR count). The SMILES string of the molecule is CC(N)=NCC/C=C(/F)C[C@](C)(N)C(=O)O. The molecule has 0 aromatic heterocycles. The summed E-state index contributed by atoms with van der Waals surface area (Å²) in [6, 6.07) is 0. The van der Waals surface area contributed by atoms with Crippen molar-refractivity contribution in [3.05, 3.63) is 11.9 Å². The Labute approximate surface area is 94.0 Å². The molecule has 0 spiro atoms. The molecule has 0 heterocycles. The highest BCUT2D eigenvalue weighted by Crippen LogP contribution is 2.15. The van der Waals surface area contributed by atoms with Gasteiger partial charge in [-0.1, -0.05) is 6.08 Å². The van der Waals surface area contributed by atoms with Crippen LogP contribution in [0.25, 0.3) is 0 Å². The van der Waals surface area contributed by atoms with E-state index in [4.69, 9.17) is 16.6 Å². The lowest BCUT2D eigenvalue weighted by Gasteiger charge is -2.17. The Kier molecular flexibility index (Phi) is 5.66. The fourth-order valence-electron chi connectivity index (χ4n) is 0.961. The average molecular weight is 231 g/mol. The molecule has 0 aliphatic carbocycles. The van der Waals surface area contributed by atoms with Gasteiger partial charge in [0.05, 0.1) is 11.7 Å². The summed E-state index contributed by atoms with van der Waals surface area (Å²) in [5.74, 6) is -1.34. The third kappa shape index (κ3) is 6.13. The number of rotatable bonds is 6. The number of aliphatic carboxylic acids is 1. The van der Waals surface area contributed by atoms with E-state index >= 15 is 0 Å². The summed E-state index contributed by atoms with van der Waals surface area (Å²) in [5.41, 5.74) is 9.10. The van der Waals surface area contributed by atoms with Crippen LogP contribution in [0.1, 0.15) is 26.7 Å². The number of nitrogens with zero attached hydrogens (tertiary/aromatic N) is 1. The fourth-order valence-corrected chi connectivity index (χ4v) is 0.961. The molecule has 16 heavy (non-hydrogen) atoms. The molecular formula is C10H18FN3O2. The molecule has 5 nitrogen and oxygen atoms in total. The first kappa shape index (κ1) is 14.6. The Bertz CT molecular complexity index is 307. The molecule has 0 radical (unpaired) electrons. The monoisotopic (exact) mass is 231 g/mol. The number of hydrogen-bond acceptors (Lipinski definition) is 3. The Balaban J connectivity index is 4.16. The average Bonchev–Trinajstić information content (AvgIpc) is 2.11. The molecule has 0 aliphatic rings. The third-order valence-electron chi connectivity index (χ3n) is 1.88. The summed E-state index contributed by atoms with van der Waals surface area (Å²) in [7, 11) is 0. The number of nitrogens with two attached hydrogens (primary N) is 2. The number of amidine groups is 1. The lowest BCUT2D eigenvalue weighted by molar-refractivity contribution is -0.142. The van der Waals surface area contributed by atoms with Crippen LogP contribution in [0.3, 0.4) is 0 Å². The number of carboxylic acid groups (broad SMARTS) is 1. The van der Waals surface area contributed by atoms with Gasteiger partial charge in [0.15, 0.2) is 0 Å². The van der Waals surface area contributed by atoms with Gasteiger partial charge in [-0.2, -0.15) is 0 Å². The molecule has 0 amide bonds. The van der Waals surface area contributed by atoms with Crippen molar-refractivity contribution in [2.75, 3.05) is 6.54 Å². The third-order valence-corrected chi connectivity index (χ3v) is 1.88. The zero-order valence-corrected chi connectivity index (χ0v) is 9.53. The zero-order valence-electron chi connectivity index (χ0n) is 9.53. The van der Waals surface area contributed by atoms with E-state index in [1.807, 2.05) is 0 Å². The maximum absolute atomic E-state index is 13.2. The molecule has 0 fully saturated rings. The van der Waals surface area contributed by atoms with Gasteiger partial charge in [0.25, 0.3) is 0 Å². The molecule has 1 atom stereocenters. The van der Waals surface area contributed by atoms with Gasteiger partial charge in [-0.3, -0.25) is 9.79 Å². The van der Waals surface area contributed by atoms with E-state index < -0.39 is 17.3 Å². The van der Waals surface area contributed by atoms with Crippen LogP contribution in [0.5, 0.6) is 0 Å². The smallest absolute Gasteiger partial charge is 0.323 e. The first-order chi connectivity index (χ1) is 7.25. The van der Waals surface area contributed by atoms with Gasteiger partial charge in [-0.25, -0.2) is 4.39 Å². The first-order valence-electron chi connectivity index (χ1n) is 4.89. The number of halogens is 1. The standard InChI is InChI=1S/C10H18FN3O2/c1-7(12)14-5-3-4-8(11)6-10(2,13)9(15)16/h4H,3,5-6,13H2,1-2H3,(H2,12,14)(H,15,16)/b8-4+/t10-/m0/s1. The number of carboxylic acids is 1. The van der Waals surface area contributed by atoms with Crippen LogP contribution >= 0.6 is 0 Å². The first-order valence-corrected chi connectivity index (χ1v) is 4.89. The Hall–Kier alpha value is -1.43. The van der Waals surface area contributed by atoms with Crippen molar-refractivity contribution in [3.8, 4) is 0 Å². The molecule has 5 N–H and O–H groups in total. The van der Waals surface area contributed by atoms with Crippen molar-refractivity contribution in [1.82, 2.24) is 0 Å². The lowest BCUT2D eigenvalue weighted by Crippen LogP contribution is -2.44. The van der Waals surface area contributed by atoms with E-state index in [1.165, 1.54) is 13.0 Å². The molecule has 0 saturated carbocycles. The van der Waals surface area contributed by atoms with Gasteiger partial charge in [-0.15, -0.1) is 0 Å². The highest BCUT2D eigenvalue weighted by Gasteiger charge is 2.29. The van der Waals surface area contributed by atoms with E-state index in [-0.39, 0.29) is 6.42 Å². The van der Waals surface area contributed by atoms with Crippen molar-refractivity contribution >= 4 is 11.8 Å². The van der Waals surface area contributed by atoms with Crippen molar-refractivity contribution in [2.45, 2.75) is 32.2 Å². The van der Waals surface area contributed by atoms with E-state index in [1.54, 1.807) is 6.92 Å². The van der Waals surface area contributed by atoms with Gasteiger partial charge in [0.2, 0.25) is 0 Å². The van der Waals surface area contributed by atoms with Crippen LogP contribution < -0.4 is 11.5 Å². The van der Waals surface area contributed by atoms with Crippen molar-refractivity contribution in [3.63, 3.8) is 0 Å². The highest BCUT2D eigenvalue weighted by atomic mass is 19.1. The number of aliphatic imine (C=N–C) groups is 1. The minimum atomic E-state index is -1.58. The predicted octanol–water partition coefficient (Wildman–Crippen LogP) is 0.799. The maximum Gasteiger partial charge on any atom is 0.323 e. The topological polar surface area (TPSA) is 102 Å². The molecule has 0 bridgehead atoms. The summed E-state index contributed by atoms with van der Waals surface area (Å²) >= 11 is 0. The van der Waals surface area contributed by atoms with Crippen LogP contribution in [-0.4, -0.2) is 29.0 Å². The minimum absolute atomic E-state index is 0.326. The van der Waals surface area contributed by atoms with Gasteiger partial charge in [0.1, 0.15) is 5.54 Å². The van der Waals surface area contributed by atoms with Crippen LogP contribution in [0, 0.1) is 0 Å². The second-order valence-corrected chi connectivity index (χ2v) is 3.86. The summed E-state index contributed by atoms with van der Waals surface area (Å²) in [4.78, 5) is 14.5. The van der Waals surface area contributed by atoms with Crippen LogP contribution in [0.15, 0.2) is 16.9 Å². The van der Waals surface area contributed by atoms with Gasteiger partial charge in [-0.05, 0) is 20.3 Å². The molecular weight excluding hydrogens is 213 g/mol. The molecule has 0 aromatic rings. The normalized spacial score (nSPS) is 17.0. The molecule has 92 valence electrons. The predicted molar refractivity (Wildman–Crippen MR) is 60.8 cm³/mol. The minimum Gasteiger partial charge on any atom is -0.480 e. The Morgan fingerprint density at radius 1 is 1.62 bits per heavy atom. The molecule has 0 aliphatic heterocycles. The largest absolute Gasteiger partial charge is 0.480 e. The second kappa shape index (κ2) is 6.22. The van der Waals surface area contributed by atoms with E-state index in [0.29, 0.717) is 18.8 Å². The van der Waals surface area contributed by atoms with Crippen LogP contribution in [0.2, 0.25) is 0 Å². The van der Waals surface area contributed by atoms with Crippen molar-refractivity contribution < 1.29 is 14.3 Å². The summed E-state index contributed by atoms with van der Waals surface area (Å²) < 4.78 is 13.2. The van der Waals surface area contributed by atoms with Gasteiger partial charge < -0.3 is 16.6 Å². The summed E-state index contributed by atoms with van der Waals surface area (Å²) in [6.07, 6.45) is 1.32. The van der Waals surface area contributed by atoms with Gasteiger partial charge >= 0.3 is 5.97 Å². The fraction of sp³-hybridized carbons (Fsp3) is 0.600. The van der Waals surface area contributed by atoms with Crippen LogP contribution in [-0.2, 0) is 4.79 Å².